The van der Waals surface area contributed by atoms with Crippen LogP contribution in [0, 0.1) is 5.82 Å². The van der Waals surface area contributed by atoms with Crippen molar-refractivity contribution in [1.29, 1.82) is 0 Å². The van der Waals surface area contributed by atoms with E-state index >= 15 is 0 Å². The van der Waals surface area contributed by atoms with Crippen molar-refractivity contribution >= 4 is 21.9 Å². The summed E-state index contributed by atoms with van der Waals surface area (Å²) in [7, 11) is 1.75. The van der Waals surface area contributed by atoms with Crippen molar-refractivity contribution in [2.24, 2.45) is 7.05 Å². The van der Waals surface area contributed by atoms with E-state index in [9.17, 15) is 9.18 Å². The molecule has 7 nitrogen and oxygen atoms in total. The number of nitrogens with zero attached hydrogens (tertiary/aromatic N) is 5. The van der Waals surface area contributed by atoms with E-state index in [4.69, 9.17) is 0 Å². The Kier molecular flexibility index (Phi) is 3.94. The molecule has 3 aromatic heterocycles. The van der Waals surface area contributed by atoms with Crippen LogP contribution in [0.4, 0.5) is 4.39 Å². The predicted octanol–water partition coefficient (Wildman–Crippen LogP) is 2.41. The van der Waals surface area contributed by atoms with Gasteiger partial charge in [-0.1, -0.05) is 0 Å². The standard InChI is InChI=1S/C20H19FN6O/c1-26-10-13-8-12(9-16(21)18(13)25-26)17-3-2-15-19(24-17)23-11-27(20(15)28)14-4-6-22-7-5-14/h2-3,8-11,14,22H,4-7H2,1H3. The van der Waals surface area contributed by atoms with Gasteiger partial charge in [0.1, 0.15) is 11.8 Å². The van der Waals surface area contributed by atoms with E-state index in [2.05, 4.69) is 20.4 Å². The van der Waals surface area contributed by atoms with E-state index in [0.717, 1.165) is 25.9 Å². The van der Waals surface area contributed by atoms with Crippen molar-refractivity contribution < 1.29 is 4.39 Å². The molecule has 0 radical (unpaired) electrons. The molecular weight excluding hydrogens is 359 g/mol. The lowest BCUT2D eigenvalue weighted by molar-refractivity contribution is 0.359. The van der Waals surface area contributed by atoms with E-state index in [1.165, 1.54) is 6.07 Å². The summed E-state index contributed by atoms with van der Waals surface area (Å²) in [6, 6.07) is 6.90. The molecule has 142 valence electrons. The number of aryl methyl sites for hydroxylation is 1. The summed E-state index contributed by atoms with van der Waals surface area (Å²) < 4.78 is 17.7. The van der Waals surface area contributed by atoms with Gasteiger partial charge in [0, 0.05) is 30.2 Å². The lowest BCUT2D eigenvalue weighted by atomic mass is 10.1. The summed E-state index contributed by atoms with van der Waals surface area (Å²) in [6.45, 7) is 1.80. The minimum atomic E-state index is -0.399. The van der Waals surface area contributed by atoms with Crippen LogP contribution in [-0.2, 0) is 7.05 Å². The van der Waals surface area contributed by atoms with Crippen LogP contribution in [0.1, 0.15) is 18.9 Å². The molecule has 0 saturated carbocycles. The third-order valence-electron chi connectivity index (χ3n) is 5.32. The Bertz CT molecular complexity index is 1260. The third-order valence-corrected chi connectivity index (χ3v) is 5.32. The molecule has 1 fully saturated rings. The quantitative estimate of drug-likeness (QED) is 0.580. The zero-order chi connectivity index (χ0) is 19.3. The second kappa shape index (κ2) is 6.49. The molecule has 4 heterocycles. The molecule has 0 aliphatic carbocycles. The first-order valence-corrected chi connectivity index (χ1v) is 9.32. The fourth-order valence-corrected chi connectivity index (χ4v) is 3.89. The average molecular weight is 378 g/mol. The van der Waals surface area contributed by atoms with Crippen molar-refractivity contribution in [2.75, 3.05) is 13.1 Å². The van der Waals surface area contributed by atoms with Crippen LogP contribution in [0.5, 0.6) is 0 Å². The lowest BCUT2D eigenvalue weighted by Gasteiger charge is -2.24. The van der Waals surface area contributed by atoms with E-state index in [1.54, 1.807) is 41.0 Å². The number of hydrogen-bond donors (Lipinski definition) is 1. The van der Waals surface area contributed by atoms with Gasteiger partial charge in [0.05, 0.1) is 11.1 Å². The Balaban J connectivity index is 1.59. The van der Waals surface area contributed by atoms with Gasteiger partial charge in [-0.2, -0.15) is 5.10 Å². The van der Waals surface area contributed by atoms with Crippen LogP contribution in [0.3, 0.4) is 0 Å². The number of rotatable bonds is 2. The summed E-state index contributed by atoms with van der Waals surface area (Å²) in [5, 5.41) is 8.61. The van der Waals surface area contributed by atoms with Crippen molar-refractivity contribution in [1.82, 2.24) is 29.6 Å². The van der Waals surface area contributed by atoms with Gasteiger partial charge in [0.2, 0.25) is 0 Å². The molecule has 8 heteroatoms. The number of benzene rings is 1. The zero-order valence-electron chi connectivity index (χ0n) is 15.4. The topological polar surface area (TPSA) is 77.6 Å². The second-order valence-electron chi connectivity index (χ2n) is 7.20. The molecule has 5 rings (SSSR count). The minimum absolute atomic E-state index is 0.0788. The minimum Gasteiger partial charge on any atom is -0.317 e. The van der Waals surface area contributed by atoms with Gasteiger partial charge in [-0.3, -0.25) is 14.0 Å². The van der Waals surface area contributed by atoms with Crippen LogP contribution < -0.4 is 10.9 Å². The van der Waals surface area contributed by atoms with Gasteiger partial charge in [-0.25, -0.2) is 14.4 Å². The van der Waals surface area contributed by atoms with E-state index in [-0.39, 0.29) is 11.6 Å². The van der Waals surface area contributed by atoms with Gasteiger partial charge >= 0.3 is 0 Å². The summed E-state index contributed by atoms with van der Waals surface area (Å²) >= 11 is 0. The zero-order valence-corrected chi connectivity index (χ0v) is 15.4. The first-order chi connectivity index (χ1) is 13.6. The molecule has 4 aromatic rings. The highest BCUT2D eigenvalue weighted by molar-refractivity contribution is 5.85. The van der Waals surface area contributed by atoms with Gasteiger partial charge in [0.25, 0.3) is 5.56 Å². The number of fused-ring (bicyclic) bond motifs is 2. The van der Waals surface area contributed by atoms with Crippen LogP contribution in [0.15, 0.2) is 41.6 Å². The van der Waals surface area contributed by atoms with Gasteiger partial charge in [-0.05, 0) is 50.2 Å². The molecule has 0 amide bonds. The van der Waals surface area contributed by atoms with Gasteiger partial charge in [-0.15, -0.1) is 0 Å². The number of nitrogens with one attached hydrogen (secondary N) is 1. The molecule has 0 spiro atoms. The summed E-state index contributed by atoms with van der Waals surface area (Å²) in [5.41, 5.74) is 1.83. The first-order valence-electron chi connectivity index (χ1n) is 9.32. The Morgan fingerprint density at radius 2 is 2.04 bits per heavy atom. The van der Waals surface area contributed by atoms with Crippen LogP contribution in [0.25, 0.3) is 33.2 Å². The second-order valence-corrected chi connectivity index (χ2v) is 7.20. The summed E-state index contributed by atoms with van der Waals surface area (Å²) in [4.78, 5) is 21.8. The van der Waals surface area contributed by atoms with E-state index < -0.39 is 5.82 Å². The van der Waals surface area contributed by atoms with Crippen molar-refractivity contribution in [3.63, 3.8) is 0 Å². The number of piperidine rings is 1. The monoisotopic (exact) mass is 378 g/mol. The summed E-state index contributed by atoms with van der Waals surface area (Å²) in [5.74, 6) is -0.399. The Morgan fingerprint density at radius 1 is 1.21 bits per heavy atom. The predicted molar refractivity (Wildman–Crippen MR) is 105 cm³/mol. The van der Waals surface area contributed by atoms with Gasteiger partial charge in [0.15, 0.2) is 11.5 Å². The number of hydrogen-bond acceptors (Lipinski definition) is 5. The summed E-state index contributed by atoms with van der Waals surface area (Å²) in [6.07, 6.45) is 5.16. The average Bonchev–Trinajstić information content (AvgIpc) is 3.09. The lowest BCUT2D eigenvalue weighted by Crippen LogP contribution is -2.34. The Labute approximate surface area is 159 Å². The molecule has 1 aromatic carbocycles. The molecule has 0 unspecified atom stereocenters. The smallest absolute Gasteiger partial charge is 0.263 e. The molecule has 1 aliphatic heterocycles. The molecule has 1 N–H and O–H groups in total. The fourth-order valence-electron chi connectivity index (χ4n) is 3.89. The highest BCUT2D eigenvalue weighted by Gasteiger charge is 2.18. The maximum atomic E-state index is 14.4. The van der Waals surface area contributed by atoms with E-state index in [1.807, 2.05) is 6.07 Å². The van der Waals surface area contributed by atoms with Crippen molar-refractivity contribution in [3.8, 4) is 11.3 Å². The van der Waals surface area contributed by atoms with E-state index in [0.29, 0.717) is 33.2 Å². The normalized spacial score (nSPS) is 15.5. The molecule has 1 saturated heterocycles. The molecule has 0 bridgehead atoms. The molecule has 0 atom stereocenters. The maximum absolute atomic E-state index is 14.4. The highest BCUT2D eigenvalue weighted by Crippen LogP contribution is 2.26. The van der Waals surface area contributed by atoms with Crippen LogP contribution in [-0.4, -0.2) is 37.4 Å². The van der Waals surface area contributed by atoms with Gasteiger partial charge < -0.3 is 5.32 Å². The maximum Gasteiger partial charge on any atom is 0.263 e. The fraction of sp³-hybridized carbons (Fsp3) is 0.300. The molecular formula is C20H19FN6O. The Hall–Kier alpha value is -3.13. The third kappa shape index (κ3) is 2.77. The highest BCUT2D eigenvalue weighted by atomic mass is 19.1. The molecule has 1 aliphatic rings. The Morgan fingerprint density at radius 3 is 2.86 bits per heavy atom. The SMILES string of the molecule is Cn1cc2cc(-c3ccc4c(=O)n(C5CCNCC5)cnc4n3)cc(F)c2n1. The number of pyridine rings is 1. The van der Waals surface area contributed by atoms with Crippen LogP contribution >= 0.6 is 0 Å². The first kappa shape index (κ1) is 17.0. The van der Waals surface area contributed by atoms with Crippen molar-refractivity contribution in [3.05, 3.63) is 53.0 Å². The molecule has 28 heavy (non-hydrogen) atoms. The number of aromatic nitrogens is 5. The number of halogens is 1. The van der Waals surface area contributed by atoms with Crippen molar-refractivity contribution in [2.45, 2.75) is 18.9 Å². The largest absolute Gasteiger partial charge is 0.317 e. The van der Waals surface area contributed by atoms with Crippen LogP contribution in [0.2, 0.25) is 0 Å².